The van der Waals surface area contributed by atoms with Crippen molar-refractivity contribution in [3.8, 4) is 22.8 Å². The van der Waals surface area contributed by atoms with Gasteiger partial charge in [0.05, 0.1) is 25.5 Å². The smallest absolute Gasteiger partial charge is 0.255 e. The van der Waals surface area contributed by atoms with Gasteiger partial charge in [0.15, 0.2) is 5.82 Å². The first-order chi connectivity index (χ1) is 13.6. The van der Waals surface area contributed by atoms with E-state index in [4.69, 9.17) is 16.3 Å². The molecule has 0 aliphatic heterocycles. The molecular weight excluding hydrogens is 380 g/mol. The minimum Gasteiger partial charge on any atom is -0.497 e. The Balaban J connectivity index is 1.68. The number of rotatable bonds is 5. The van der Waals surface area contributed by atoms with Gasteiger partial charge in [-0.1, -0.05) is 23.7 Å². The maximum Gasteiger partial charge on any atom is 0.255 e. The molecule has 0 amide bonds. The van der Waals surface area contributed by atoms with Gasteiger partial charge >= 0.3 is 0 Å². The SMILES string of the molecule is COc1ccc(Cn2nnnc2-c2ccc(=O)n(-c3ccc(Cl)nc3)c2)cc1. The minimum atomic E-state index is -0.193. The van der Waals surface area contributed by atoms with Crippen molar-refractivity contribution in [1.82, 2.24) is 29.8 Å². The molecule has 9 heteroatoms. The van der Waals surface area contributed by atoms with E-state index in [0.29, 0.717) is 28.8 Å². The highest BCUT2D eigenvalue weighted by atomic mass is 35.5. The number of halogens is 1. The summed E-state index contributed by atoms with van der Waals surface area (Å²) in [5.74, 6) is 1.33. The second-order valence-electron chi connectivity index (χ2n) is 5.97. The first-order valence-electron chi connectivity index (χ1n) is 8.38. The van der Waals surface area contributed by atoms with Crippen LogP contribution < -0.4 is 10.3 Å². The predicted molar refractivity (Wildman–Crippen MR) is 104 cm³/mol. The van der Waals surface area contributed by atoms with Crippen LogP contribution in [-0.4, -0.2) is 36.9 Å². The van der Waals surface area contributed by atoms with Crippen LogP contribution in [0.2, 0.25) is 5.15 Å². The highest BCUT2D eigenvalue weighted by Crippen LogP contribution is 2.18. The van der Waals surface area contributed by atoms with Gasteiger partial charge < -0.3 is 4.74 Å². The third-order valence-electron chi connectivity index (χ3n) is 4.18. The van der Waals surface area contributed by atoms with Crippen molar-refractivity contribution in [1.29, 1.82) is 0 Å². The first-order valence-corrected chi connectivity index (χ1v) is 8.76. The molecular formula is C19H15ClN6O2. The summed E-state index contributed by atoms with van der Waals surface area (Å²) in [5.41, 5.74) is 2.13. The molecule has 4 aromatic rings. The van der Waals surface area contributed by atoms with Gasteiger partial charge in [0, 0.05) is 17.8 Å². The third kappa shape index (κ3) is 3.63. The highest BCUT2D eigenvalue weighted by Gasteiger charge is 2.12. The van der Waals surface area contributed by atoms with Crippen LogP contribution in [0.3, 0.4) is 0 Å². The lowest BCUT2D eigenvalue weighted by Crippen LogP contribution is -2.17. The molecule has 3 heterocycles. The topological polar surface area (TPSA) is 87.7 Å². The van der Waals surface area contributed by atoms with E-state index in [0.717, 1.165) is 11.3 Å². The Kier molecular flexibility index (Phi) is 4.86. The lowest BCUT2D eigenvalue weighted by molar-refractivity contribution is 0.414. The van der Waals surface area contributed by atoms with Gasteiger partial charge in [0.2, 0.25) is 0 Å². The van der Waals surface area contributed by atoms with Crippen molar-refractivity contribution in [2.24, 2.45) is 0 Å². The summed E-state index contributed by atoms with van der Waals surface area (Å²) in [6.07, 6.45) is 3.22. The van der Waals surface area contributed by atoms with E-state index >= 15 is 0 Å². The molecule has 0 atom stereocenters. The van der Waals surface area contributed by atoms with Crippen LogP contribution >= 0.6 is 11.6 Å². The second-order valence-corrected chi connectivity index (χ2v) is 6.36. The third-order valence-corrected chi connectivity index (χ3v) is 4.41. The molecule has 3 aromatic heterocycles. The standard InChI is InChI=1S/C19H15ClN6O2/c1-28-16-6-2-13(3-7-16)11-26-19(22-23-24-26)14-4-9-18(27)25(12-14)15-5-8-17(20)21-10-15/h2-10,12H,11H2,1H3. The van der Waals surface area contributed by atoms with Gasteiger partial charge in [0.25, 0.3) is 5.56 Å². The number of nitrogens with zero attached hydrogens (tertiary/aromatic N) is 6. The molecule has 0 saturated carbocycles. The number of ether oxygens (including phenoxy) is 1. The Morgan fingerprint density at radius 2 is 1.89 bits per heavy atom. The van der Waals surface area contributed by atoms with Crippen molar-refractivity contribution in [3.63, 3.8) is 0 Å². The molecule has 1 aromatic carbocycles. The average Bonchev–Trinajstić information content (AvgIpc) is 3.18. The molecule has 0 aliphatic rings. The predicted octanol–water partition coefficient (Wildman–Crippen LogP) is 2.60. The maximum absolute atomic E-state index is 12.3. The summed E-state index contributed by atoms with van der Waals surface area (Å²) < 4.78 is 8.33. The fourth-order valence-electron chi connectivity index (χ4n) is 2.75. The van der Waals surface area contributed by atoms with Crippen molar-refractivity contribution < 1.29 is 4.74 Å². The fourth-order valence-corrected chi connectivity index (χ4v) is 2.87. The molecule has 0 saturated heterocycles. The van der Waals surface area contributed by atoms with E-state index in [1.807, 2.05) is 24.3 Å². The van der Waals surface area contributed by atoms with Crippen molar-refractivity contribution >= 4 is 11.6 Å². The van der Waals surface area contributed by atoms with Gasteiger partial charge in [-0.15, -0.1) is 5.10 Å². The Labute approximate surface area is 165 Å². The molecule has 0 radical (unpaired) electrons. The molecule has 0 bridgehead atoms. The summed E-state index contributed by atoms with van der Waals surface area (Å²) in [6.45, 7) is 0.480. The van der Waals surface area contributed by atoms with E-state index in [1.54, 1.807) is 36.2 Å². The van der Waals surface area contributed by atoms with E-state index in [1.165, 1.54) is 16.8 Å². The number of hydrogen-bond acceptors (Lipinski definition) is 6. The second kappa shape index (κ2) is 7.61. The average molecular weight is 395 g/mol. The molecule has 8 nitrogen and oxygen atoms in total. The van der Waals surface area contributed by atoms with Crippen LogP contribution in [0.5, 0.6) is 5.75 Å². The zero-order chi connectivity index (χ0) is 19.5. The molecule has 140 valence electrons. The van der Waals surface area contributed by atoms with Gasteiger partial charge in [-0.2, -0.15) is 0 Å². The summed E-state index contributed by atoms with van der Waals surface area (Å²) in [5, 5.41) is 12.3. The summed E-state index contributed by atoms with van der Waals surface area (Å²) in [6, 6.07) is 14.2. The van der Waals surface area contributed by atoms with Crippen LogP contribution in [0.4, 0.5) is 0 Å². The van der Waals surface area contributed by atoms with Crippen LogP contribution in [0.1, 0.15) is 5.56 Å². The largest absolute Gasteiger partial charge is 0.497 e. The lowest BCUT2D eigenvalue weighted by atomic mass is 10.2. The number of hydrogen-bond donors (Lipinski definition) is 0. The van der Waals surface area contributed by atoms with E-state index < -0.39 is 0 Å². The highest BCUT2D eigenvalue weighted by molar-refractivity contribution is 6.29. The lowest BCUT2D eigenvalue weighted by Gasteiger charge is -2.09. The Hall–Kier alpha value is -3.52. The normalized spacial score (nSPS) is 10.8. The fraction of sp³-hybridized carbons (Fsp3) is 0.105. The Morgan fingerprint density at radius 1 is 1.07 bits per heavy atom. The summed E-state index contributed by atoms with van der Waals surface area (Å²) in [4.78, 5) is 16.3. The molecule has 0 fully saturated rings. The van der Waals surface area contributed by atoms with Crippen LogP contribution in [-0.2, 0) is 6.54 Å². The number of pyridine rings is 2. The zero-order valence-electron chi connectivity index (χ0n) is 14.9. The Morgan fingerprint density at radius 3 is 2.61 bits per heavy atom. The van der Waals surface area contributed by atoms with Gasteiger partial charge in [0.1, 0.15) is 10.9 Å². The van der Waals surface area contributed by atoms with Gasteiger partial charge in [-0.25, -0.2) is 9.67 Å². The minimum absolute atomic E-state index is 0.193. The van der Waals surface area contributed by atoms with Gasteiger partial charge in [-0.05, 0) is 46.3 Å². The zero-order valence-corrected chi connectivity index (χ0v) is 15.6. The molecule has 0 unspecified atom stereocenters. The van der Waals surface area contributed by atoms with Crippen molar-refractivity contribution in [3.05, 3.63) is 82.0 Å². The monoisotopic (exact) mass is 394 g/mol. The molecule has 0 spiro atoms. The molecule has 28 heavy (non-hydrogen) atoms. The van der Waals surface area contributed by atoms with E-state index in [2.05, 4.69) is 20.5 Å². The number of benzene rings is 1. The quantitative estimate of drug-likeness (QED) is 0.483. The number of tetrazole rings is 1. The first kappa shape index (κ1) is 17.9. The van der Waals surface area contributed by atoms with Crippen molar-refractivity contribution in [2.75, 3.05) is 7.11 Å². The summed E-state index contributed by atoms with van der Waals surface area (Å²) >= 11 is 5.83. The summed E-state index contributed by atoms with van der Waals surface area (Å²) in [7, 11) is 1.62. The Bertz CT molecular complexity index is 1150. The van der Waals surface area contributed by atoms with Crippen LogP contribution in [0.25, 0.3) is 17.1 Å². The number of aromatic nitrogens is 6. The van der Waals surface area contributed by atoms with E-state index in [9.17, 15) is 4.79 Å². The van der Waals surface area contributed by atoms with Crippen molar-refractivity contribution in [2.45, 2.75) is 6.54 Å². The van der Waals surface area contributed by atoms with E-state index in [-0.39, 0.29) is 5.56 Å². The molecule has 4 rings (SSSR count). The molecule has 0 N–H and O–H groups in total. The number of methoxy groups -OCH3 is 1. The van der Waals surface area contributed by atoms with Crippen LogP contribution in [0.15, 0.2) is 65.7 Å². The van der Waals surface area contributed by atoms with Gasteiger partial charge in [-0.3, -0.25) is 9.36 Å². The van der Waals surface area contributed by atoms with Crippen LogP contribution in [0, 0.1) is 0 Å². The molecule has 0 aliphatic carbocycles. The maximum atomic E-state index is 12.3.